The van der Waals surface area contributed by atoms with E-state index in [9.17, 15) is 33.4 Å². The fourth-order valence-corrected chi connectivity index (χ4v) is 5.27. The van der Waals surface area contributed by atoms with Crippen LogP contribution in [0, 0.1) is 20.2 Å². The lowest BCUT2D eigenvalue weighted by atomic mass is 10.0. The van der Waals surface area contributed by atoms with Gasteiger partial charge in [-0.05, 0) is 48.7 Å². The molecule has 0 spiro atoms. The number of non-ortho nitro benzene ring substituents is 2. The molecular weight excluding hydrogens is 464 g/mol. The van der Waals surface area contributed by atoms with Gasteiger partial charge in [0.1, 0.15) is 0 Å². The first-order chi connectivity index (χ1) is 16.2. The van der Waals surface area contributed by atoms with E-state index in [0.29, 0.717) is 18.7 Å². The van der Waals surface area contributed by atoms with Crippen molar-refractivity contribution in [2.75, 3.05) is 16.2 Å². The highest BCUT2D eigenvalue weighted by molar-refractivity contribution is 7.92. The van der Waals surface area contributed by atoms with Crippen LogP contribution in [0.25, 0.3) is 0 Å². The first-order valence-corrected chi connectivity index (χ1v) is 11.6. The zero-order valence-corrected chi connectivity index (χ0v) is 18.4. The second kappa shape index (κ2) is 8.90. The largest absolute Gasteiger partial charge is 0.322 e. The predicted octanol–water partition coefficient (Wildman–Crippen LogP) is 3.90. The summed E-state index contributed by atoms with van der Waals surface area (Å²) in [5.41, 5.74) is 0.343. The van der Waals surface area contributed by atoms with E-state index in [-0.39, 0.29) is 16.1 Å². The Balaban J connectivity index is 1.57. The van der Waals surface area contributed by atoms with Gasteiger partial charge in [0.15, 0.2) is 0 Å². The Bertz CT molecular complexity index is 1370. The summed E-state index contributed by atoms with van der Waals surface area (Å²) in [6.07, 6.45) is 1.49. The molecule has 1 N–H and O–H groups in total. The summed E-state index contributed by atoms with van der Waals surface area (Å²) < 4.78 is 27.8. The highest BCUT2D eigenvalue weighted by Crippen LogP contribution is 2.32. The van der Waals surface area contributed by atoms with Gasteiger partial charge in [-0.3, -0.25) is 29.3 Å². The lowest BCUT2D eigenvalue weighted by Gasteiger charge is -2.30. The Morgan fingerprint density at radius 3 is 2.15 bits per heavy atom. The number of carbonyl (C=O) groups is 1. The second-order valence-electron chi connectivity index (χ2n) is 7.54. The molecule has 0 bridgehead atoms. The van der Waals surface area contributed by atoms with Crippen LogP contribution in [-0.2, 0) is 16.4 Å². The van der Waals surface area contributed by atoms with Crippen LogP contribution in [0.15, 0.2) is 71.6 Å². The number of rotatable bonds is 6. The van der Waals surface area contributed by atoms with Crippen LogP contribution in [0.3, 0.4) is 0 Å². The summed E-state index contributed by atoms with van der Waals surface area (Å²) in [5.74, 6) is -0.813. The summed E-state index contributed by atoms with van der Waals surface area (Å²) in [4.78, 5) is 33.0. The number of anilines is 2. The maximum atomic E-state index is 13.2. The Kier molecular flexibility index (Phi) is 5.99. The summed E-state index contributed by atoms with van der Waals surface area (Å²) in [6, 6.07) is 15.4. The molecule has 1 amide bonds. The number of fused-ring (bicyclic) bond motifs is 1. The van der Waals surface area contributed by atoms with Crippen molar-refractivity contribution in [1.29, 1.82) is 0 Å². The highest BCUT2D eigenvalue weighted by Gasteiger charge is 2.29. The monoisotopic (exact) mass is 482 g/mol. The van der Waals surface area contributed by atoms with E-state index in [0.717, 1.165) is 30.2 Å². The highest BCUT2D eigenvalue weighted by atomic mass is 32.2. The SMILES string of the molecule is O=C(Nc1ccc(S(=O)(=O)N2CCCc3ccccc32)cc1)c1cc([N+](=O)[O-])cc([N+](=O)[O-])c1. The number of amides is 1. The summed E-state index contributed by atoms with van der Waals surface area (Å²) in [7, 11) is -3.83. The van der Waals surface area contributed by atoms with Gasteiger partial charge in [-0.2, -0.15) is 0 Å². The van der Waals surface area contributed by atoms with Crippen LogP contribution in [0.4, 0.5) is 22.7 Å². The predicted molar refractivity (Wildman–Crippen MR) is 123 cm³/mol. The van der Waals surface area contributed by atoms with Crippen LogP contribution in [0.2, 0.25) is 0 Å². The van der Waals surface area contributed by atoms with Crippen molar-refractivity contribution in [3.63, 3.8) is 0 Å². The molecule has 4 rings (SSSR count). The zero-order chi connectivity index (χ0) is 24.5. The first kappa shape index (κ1) is 22.9. The van der Waals surface area contributed by atoms with Crippen molar-refractivity contribution in [3.05, 3.63) is 98.1 Å². The molecule has 0 unspecified atom stereocenters. The fourth-order valence-electron chi connectivity index (χ4n) is 3.73. The summed E-state index contributed by atoms with van der Waals surface area (Å²) >= 11 is 0. The molecule has 174 valence electrons. The molecule has 3 aromatic rings. The molecular formula is C22H18N4O7S. The topological polar surface area (TPSA) is 153 Å². The number of sulfonamides is 1. The summed E-state index contributed by atoms with van der Waals surface area (Å²) in [5, 5.41) is 24.5. The van der Waals surface area contributed by atoms with Gasteiger partial charge in [-0.1, -0.05) is 18.2 Å². The van der Waals surface area contributed by atoms with Crippen molar-refractivity contribution in [2.24, 2.45) is 0 Å². The van der Waals surface area contributed by atoms with Gasteiger partial charge in [0.05, 0.1) is 32.1 Å². The van der Waals surface area contributed by atoms with Gasteiger partial charge >= 0.3 is 0 Å². The van der Waals surface area contributed by atoms with Crippen LogP contribution >= 0.6 is 0 Å². The Hall–Kier alpha value is -4.32. The molecule has 1 aliphatic rings. The van der Waals surface area contributed by atoms with Gasteiger partial charge in [0, 0.05) is 24.4 Å². The number of nitro groups is 2. The Morgan fingerprint density at radius 2 is 1.53 bits per heavy atom. The first-order valence-electron chi connectivity index (χ1n) is 10.1. The number of carbonyl (C=O) groups excluding carboxylic acids is 1. The number of para-hydroxylation sites is 1. The molecule has 34 heavy (non-hydrogen) atoms. The molecule has 0 aliphatic carbocycles. The molecule has 0 aromatic heterocycles. The molecule has 1 heterocycles. The number of hydrogen-bond donors (Lipinski definition) is 1. The molecule has 11 nitrogen and oxygen atoms in total. The van der Waals surface area contributed by atoms with E-state index < -0.39 is 37.2 Å². The number of nitro benzene ring substituents is 2. The van der Waals surface area contributed by atoms with Crippen molar-refractivity contribution < 1.29 is 23.1 Å². The van der Waals surface area contributed by atoms with Gasteiger partial charge in [-0.15, -0.1) is 0 Å². The second-order valence-corrected chi connectivity index (χ2v) is 9.40. The van der Waals surface area contributed by atoms with E-state index in [4.69, 9.17) is 0 Å². The van der Waals surface area contributed by atoms with Crippen LogP contribution in [0.5, 0.6) is 0 Å². The van der Waals surface area contributed by atoms with Crippen molar-refractivity contribution in [1.82, 2.24) is 0 Å². The minimum Gasteiger partial charge on any atom is -0.322 e. The molecule has 0 radical (unpaired) electrons. The van der Waals surface area contributed by atoms with E-state index in [1.165, 1.54) is 28.6 Å². The van der Waals surface area contributed by atoms with Crippen molar-refractivity contribution in [2.45, 2.75) is 17.7 Å². The third kappa shape index (κ3) is 4.43. The quantitative estimate of drug-likeness (QED) is 0.413. The number of nitrogens with one attached hydrogen (secondary N) is 1. The van der Waals surface area contributed by atoms with Gasteiger partial charge in [0.2, 0.25) is 0 Å². The van der Waals surface area contributed by atoms with Crippen molar-refractivity contribution >= 4 is 38.7 Å². The average Bonchev–Trinajstić information content (AvgIpc) is 2.83. The maximum Gasteiger partial charge on any atom is 0.277 e. The number of benzene rings is 3. The van der Waals surface area contributed by atoms with E-state index in [1.54, 1.807) is 12.1 Å². The Morgan fingerprint density at radius 1 is 0.912 bits per heavy atom. The lowest BCUT2D eigenvalue weighted by Crippen LogP contribution is -2.35. The smallest absolute Gasteiger partial charge is 0.277 e. The fraction of sp³-hybridized carbons (Fsp3) is 0.136. The normalized spacial score (nSPS) is 13.1. The van der Waals surface area contributed by atoms with Crippen LogP contribution in [-0.4, -0.2) is 30.7 Å². The molecule has 3 aromatic carbocycles. The number of hydrogen-bond acceptors (Lipinski definition) is 7. The van der Waals surface area contributed by atoms with Crippen LogP contribution in [0.1, 0.15) is 22.3 Å². The van der Waals surface area contributed by atoms with Gasteiger partial charge < -0.3 is 5.32 Å². The molecule has 1 aliphatic heterocycles. The zero-order valence-electron chi connectivity index (χ0n) is 17.6. The van der Waals surface area contributed by atoms with Gasteiger partial charge in [-0.25, -0.2) is 8.42 Å². The molecule has 0 saturated heterocycles. The summed E-state index contributed by atoms with van der Waals surface area (Å²) in [6.45, 7) is 0.351. The molecule has 0 saturated carbocycles. The van der Waals surface area contributed by atoms with Crippen molar-refractivity contribution in [3.8, 4) is 0 Å². The standard InChI is InChI=1S/C22H18N4O7S/c27-22(16-12-18(25(28)29)14-19(13-16)26(30)31)23-17-7-9-20(10-8-17)34(32,33)24-11-3-5-15-4-1-2-6-21(15)24/h1-2,4,6-10,12-14H,3,5,11H2,(H,23,27). The lowest BCUT2D eigenvalue weighted by molar-refractivity contribution is -0.394. The minimum atomic E-state index is -3.83. The minimum absolute atomic E-state index is 0.0354. The molecule has 0 atom stereocenters. The van der Waals surface area contributed by atoms with Gasteiger partial charge in [0.25, 0.3) is 27.3 Å². The van der Waals surface area contributed by atoms with E-state index in [2.05, 4.69) is 5.32 Å². The van der Waals surface area contributed by atoms with E-state index >= 15 is 0 Å². The Labute approximate surface area is 194 Å². The maximum absolute atomic E-state index is 13.2. The third-order valence-corrected chi connectivity index (χ3v) is 7.18. The molecule has 0 fully saturated rings. The average molecular weight is 482 g/mol. The van der Waals surface area contributed by atoms with Crippen LogP contribution < -0.4 is 9.62 Å². The van der Waals surface area contributed by atoms with E-state index in [1.807, 2.05) is 12.1 Å². The third-order valence-electron chi connectivity index (χ3n) is 5.35. The molecule has 12 heteroatoms. The number of aryl methyl sites for hydroxylation is 1. The number of nitrogens with zero attached hydrogens (tertiary/aromatic N) is 3.